The van der Waals surface area contributed by atoms with Crippen LogP contribution in [0.4, 0.5) is 0 Å². The lowest BCUT2D eigenvalue weighted by atomic mass is 9.83. The maximum atomic E-state index is 13.1. The summed E-state index contributed by atoms with van der Waals surface area (Å²) in [6, 6.07) is 1.64. The molecule has 2 unspecified atom stereocenters. The van der Waals surface area contributed by atoms with E-state index in [0.717, 1.165) is 76.3 Å². The Morgan fingerprint density at radius 3 is 1.12 bits per heavy atom. The molecule has 9 heteroatoms. The Kier molecular flexibility index (Phi) is 18.1. The summed E-state index contributed by atoms with van der Waals surface area (Å²) < 4.78 is 32.9. The minimum atomic E-state index is -2.48. The summed E-state index contributed by atoms with van der Waals surface area (Å²) in [6.45, 7) is 4.27. The van der Waals surface area contributed by atoms with Crippen LogP contribution in [0.1, 0.15) is 78.1 Å². The van der Waals surface area contributed by atoms with E-state index in [0.29, 0.717) is 5.78 Å². The van der Waals surface area contributed by atoms with Gasteiger partial charge in [0.2, 0.25) is 0 Å². The molecule has 0 amide bonds. The highest BCUT2D eigenvalue weighted by Crippen LogP contribution is 2.26. The Bertz CT molecular complexity index is 415. The maximum Gasteiger partial charge on any atom is 0.500 e. The largest absolute Gasteiger partial charge is 0.500 e. The zero-order valence-electron chi connectivity index (χ0n) is 22.0. The third-order valence-corrected chi connectivity index (χ3v) is 12.4. The first-order chi connectivity index (χ1) is 15.4. The van der Waals surface area contributed by atoms with Crippen molar-refractivity contribution in [3.8, 4) is 0 Å². The first-order valence-corrected chi connectivity index (χ1v) is 16.1. The number of hydrogen-bond donors (Lipinski definition) is 0. The van der Waals surface area contributed by atoms with Crippen molar-refractivity contribution < 1.29 is 31.4 Å². The second-order valence-corrected chi connectivity index (χ2v) is 14.6. The summed E-state index contributed by atoms with van der Waals surface area (Å²) in [4.78, 5) is 13.1. The maximum absolute atomic E-state index is 13.1. The predicted octanol–water partition coefficient (Wildman–Crippen LogP) is 5.48. The molecule has 0 rings (SSSR count). The highest BCUT2D eigenvalue weighted by molar-refractivity contribution is 6.60. The molecule has 0 aromatic heterocycles. The summed E-state index contributed by atoms with van der Waals surface area (Å²) >= 11 is 0. The molecule has 0 fully saturated rings. The molecule has 32 heavy (non-hydrogen) atoms. The van der Waals surface area contributed by atoms with Gasteiger partial charge in [0.05, 0.1) is 0 Å². The molecular weight excluding hydrogens is 444 g/mol. The fraction of sp³-hybridized carbons (Fsp3) is 0.957. The molecule has 0 aromatic carbocycles. The zero-order chi connectivity index (χ0) is 24.5. The van der Waals surface area contributed by atoms with Gasteiger partial charge in [-0.1, -0.05) is 39.5 Å². The van der Waals surface area contributed by atoms with Crippen molar-refractivity contribution >= 4 is 23.4 Å². The van der Waals surface area contributed by atoms with Crippen LogP contribution in [-0.2, 0) is 31.4 Å². The van der Waals surface area contributed by atoms with Gasteiger partial charge < -0.3 is 26.6 Å². The fourth-order valence-corrected chi connectivity index (χ4v) is 7.95. The van der Waals surface area contributed by atoms with Crippen LogP contribution < -0.4 is 0 Å². The Balaban J connectivity index is 4.37. The number of unbranched alkanes of at least 4 members (excludes halogenated alkanes) is 4. The van der Waals surface area contributed by atoms with Gasteiger partial charge in [0.1, 0.15) is 5.78 Å². The van der Waals surface area contributed by atoms with Gasteiger partial charge in [0.15, 0.2) is 0 Å². The van der Waals surface area contributed by atoms with Gasteiger partial charge in [-0.15, -0.1) is 0 Å². The van der Waals surface area contributed by atoms with Crippen molar-refractivity contribution in [1.29, 1.82) is 0 Å². The molecule has 0 radical (unpaired) electrons. The first kappa shape index (κ1) is 31.9. The molecule has 0 N–H and O–H groups in total. The topological polar surface area (TPSA) is 72.5 Å². The third kappa shape index (κ3) is 10.9. The number of ketones is 1. The van der Waals surface area contributed by atoms with Gasteiger partial charge in [-0.2, -0.15) is 0 Å². The second kappa shape index (κ2) is 18.2. The number of Topliss-reactive ketones (excluding diaryl/α,β-unsaturated/α-hetero) is 1. The number of hydrogen-bond acceptors (Lipinski definition) is 7. The Hall–Kier alpha value is -0.136. The van der Waals surface area contributed by atoms with Gasteiger partial charge >= 0.3 is 17.6 Å². The van der Waals surface area contributed by atoms with E-state index in [1.54, 1.807) is 42.7 Å². The van der Waals surface area contributed by atoms with E-state index in [1.165, 1.54) is 0 Å². The second-order valence-electron chi connectivity index (χ2n) is 8.40. The molecule has 0 aliphatic carbocycles. The van der Waals surface area contributed by atoms with E-state index in [-0.39, 0.29) is 11.8 Å². The molecule has 0 saturated heterocycles. The molecule has 0 spiro atoms. The molecule has 0 aliphatic heterocycles. The van der Waals surface area contributed by atoms with Gasteiger partial charge in [-0.25, -0.2) is 0 Å². The van der Waals surface area contributed by atoms with Crippen molar-refractivity contribution in [1.82, 2.24) is 0 Å². The van der Waals surface area contributed by atoms with E-state index in [2.05, 4.69) is 13.8 Å². The summed E-state index contributed by atoms with van der Waals surface area (Å²) in [7, 11) is 4.97. The molecule has 0 saturated carbocycles. The SMILES string of the molecule is CCC(CCCCC[Si](OC)(OC)OC)C(=O)C(CC)CCCCC[Si](OC)(OC)OC. The third-order valence-electron chi connectivity index (χ3n) is 6.73. The Labute approximate surface area is 199 Å². The molecule has 2 atom stereocenters. The fourth-order valence-electron chi connectivity index (χ4n) is 4.36. The van der Waals surface area contributed by atoms with Crippen LogP contribution in [0.3, 0.4) is 0 Å². The molecule has 0 aromatic rings. The predicted molar refractivity (Wildman–Crippen MR) is 133 cm³/mol. The number of carbonyl (C=O) groups excluding carboxylic acids is 1. The molecular formula is C23H50O7Si2. The summed E-state index contributed by atoms with van der Waals surface area (Å²) in [5, 5.41) is 0. The van der Waals surface area contributed by atoms with E-state index in [1.807, 2.05) is 0 Å². The van der Waals surface area contributed by atoms with Crippen molar-refractivity contribution in [2.75, 3.05) is 42.7 Å². The Morgan fingerprint density at radius 1 is 0.562 bits per heavy atom. The lowest BCUT2D eigenvalue weighted by Gasteiger charge is -2.25. The highest BCUT2D eigenvalue weighted by atomic mass is 28.4. The average Bonchev–Trinajstić information content (AvgIpc) is 2.84. The van der Waals surface area contributed by atoms with Crippen LogP contribution in [0.15, 0.2) is 0 Å². The molecule has 0 aliphatic rings. The molecule has 0 bridgehead atoms. The van der Waals surface area contributed by atoms with Crippen molar-refractivity contribution in [2.24, 2.45) is 11.8 Å². The van der Waals surface area contributed by atoms with Crippen LogP contribution in [0.2, 0.25) is 12.1 Å². The quantitative estimate of drug-likeness (QED) is 0.146. The summed E-state index contributed by atoms with van der Waals surface area (Å²) in [5.74, 6) is 0.799. The molecule has 0 heterocycles. The van der Waals surface area contributed by atoms with Gasteiger partial charge in [0, 0.05) is 66.6 Å². The number of carbonyl (C=O) groups is 1. The zero-order valence-corrected chi connectivity index (χ0v) is 24.0. The standard InChI is InChI=1S/C23H50O7Si2/c1-9-21(17-13-11-15-19-31(25-3,26-4)27-5)23(24)22(10-2)18-14-12-16-20-32(28-6,29-7)30-8/h21-22H,9-20H2,1-8H3. The van der Waals surface area contributed by atoms with Crippen molar-refractivity contribution in [2.45, 2.75) is 90.1 Å². The van der Waals surface area contributed by atoms with Crippen molar-refractivity contribution in [3.05, 3.63) is 0 Å². The first-order valence-electron chi connectivity index (χ1n) is 12.2. The average molecular weight is 495 g/mol. The van der Waals surface area contributed by atoms with Crippen LogP contribution in [0.5, 0.6) is 0 Å². The normalized spacial score (nSPS) is 14.5. The van der Waals surface area contributed by atoms with E-state index >= 15 is 0 Å². The van der Waals surface area contributed by atoms with Crippen LogP contribution in [0, 0.1) is 11.8 Å². The molecule has 192 valence electrons. The lowest BCUT2D eigenvalue weighted by Crippen LogP contribution is -2.42. The minimum absolute atomic E-state index is 0.171. The Morgan fingerprint density at radius 2 is 0.875 bits per heavy atom. The van der Waals surface area contributed by atoms with Crippen LogP contribution in [0.25, 0.3) is 0 Å². The lowest BCUT2D eigenvalue weighted by molar-refractivity contribution is -0.127. The van der Waals surface area contributed by atoms with E-state index < -0.39 is 17.6 Å². The smallest absolute Gasteiger partial charge is 0.377 e. The van der Waals surface area contributed by atoms with Crippen LogP contribution >= 0.6 is 0 Å². The highest BCUT2D eigenvalue weighted by Gasteiger charge is 2.37. The molecule has 7 nitrogen and oxygen atoms in total. The van der Waals surface area contributed by atoms with Crippen molar-refractivity contribution in [3.63, 3.8) is 0 Å². The van der Waals surface area contributed by atoms with Crippen LogP contribution in [-0.4, -0.2) is 66.1 Å². The van der Waals surface area contributed by atoms with E-state index in [4.69, 9.17) is 26.6 Å². The van der Waals surface area contributed by atoms with Gasteiger partial charge in [0.25, 0.3) is 0 Å². The van der Waals surface area contributed by atoms with E-state index in [9.17, 15) is 4.79 Å². The van der Waals surface area contributed by atoms with Gasteiger partial charge in [-0.05, 0) is 38.5 Å². The summed E-state index contributed by atoms with van der Waals surface area (Å²) in [5.41, 5.74) is 0. The monoisotopic (exact) mass is 494 g/mol. The van der Waals surface area contributed by atoms with Gasteiger partial charge in [-0.3, -0.25) is 4.79 Å². The summed E-state index contributed by atoms with van der Waals surface area (Å²) in [6.07, 6.45) is 10.0. The minimum Gasteiger partial charge on any atom is -0.377 e. The number of rotatable bonds is 22.